The molecule has 0 bridgehead atoms. The highest BCUT2D eigenvalue weighted by Crippen LogP contribution is 2.24. The molecule has 0 saturated heterocycles. The van der Waals surface area contributed by atoms with Gasteiger partial charge in [-0.3, -0.25) is 0 Å². The lowest BCUT2D eigenvalue weighted by atomic mass is 10.2. The normalized spacial score (nSPS) is 12.0. The third kappa shape index (κ3) is 3.29. The van der Waals surface area contributed by atoms with Gasteiger partial charge in [0.2, 0.25) is 10.0 Å². The quantitative estimate of drug-likeness (QED) is 0.915. The summed E-state index contributed by atoms with van der Waals surface area (Å²) in [5.74, 6) is 0.684. The number of hydrogen-bond donors (Lipinski definition) is 1. The molecule has 0 fully saturated rings. The molecule has 0 aliphatic heterocycles. The van der Waals surface area contributed by atoms with Gasteiger partial charge in [0.25, 0.3) is 0 Å². The van der Waals surface area contributed by atoms with E-state index in [1.807, 2.05) is 0 Å². The summed E-state index contributed by atoms with van der Waals surface area (Å²) in [6, 6.07) is 6.02. The van der Waals surface area contributed by atoms with Gasteiger partial charge in [0.05, 0.1) is 17.8 Å². The van der Waals surface area contributed by atoms with Gasteiger partial charge < -0.3 is 9.52 Å². The van der Waals surface area contributed by atoms with E-state index in [-0.39, 0.29) is 18.0 Å². The molecular formula is C14H16ClNO4S. The molecule has 7 heteroatoms. The number of rotatable bonds is 5. The van der Waals surface area contributed by atoms with Gasteiger partial charge in [-0.25, -0.2) is 8.42 Å². The Morgan fingerprint density at radius 3 is 2.57 bits per heavy atom. The van der Waals surface area contributed by atoms with Crippen molar-refractivity contribution in [3.8, 4) is 0 Å². The molecule has 114 valence electrons. The second-order valence-electron chi connectivity index (χ2n) is 4.67. The zero-order valence-electron chi connectivity index (χ0n) is 11.7. The maximum Gasteiger partial charge on any atom is 0.243 e. The molecule has 5 nitrogen and oxygen atoms in total. The molecule has 1 N–H and O–H groups in total. The highest BCUT2D eigenvalue weighted by Gasteiger charge is 2.22. The molecule has 0 aliphatic carbocycles. The van der Waals surface area contributed by atoms with E-state index in [0.717, 1.165) is 5.56 Å². The van der Waals surface area contributed by atoms with Crippen LogP contribution in [0.3, 0.4) is 0 Å². The number of halogens is 1. The molecular weight excluding hydrogens is 314 g/mol. The van der Waals surface area contributed by atoms with Crippen molar-refractivity contribution in [2.75, 3.05) is 7.05 Å². The van der Waals surface area contributed by atoms with Crippen LogP contribution in [-0.4, -0.2) is 24.9 Å². The smallest absolute Gasteiger partial charge is 0.243 e. The average molecular weight is 330 g/mol. The third-order valence-electron chi connectivity index (χ3n) is 3.25. The first-order valence-electron chi connectivity index (χ1n) is 6.25. The topological polar surface area (TPSA) is 70.8 Å². The van der Waals surface area contributed by atoms with Crippen LogP contribution in [0.15, 0.2) is 39.8 Å². The summed E-state index contributed by atoms with van der Waals surface area (Å²) in [6.45, 7) is 1.68. The summed E-state index contributed by atoms with van der Waals surface area (Å²) >= 11 is 5.88. The molecule has 0 saturated carbocycles. The van der Waals surface area contributed by atoms with Gasteiger partial charge in [-0.2, -0.15) is 4.31 Å². The number of sulfonamides is 1. The maximum absolute atomic E-state index is 12.5. The fraction of sp³-hybridized carbons (Fsp3) is 0.286. The minimum Gasteiger partial charge on any atom is -0.469 e. The molecule has 1 heterocycles. The van der Waals surface area contributed by atoms with Gasteiger partial charge in [-0.1, -0.05) is 11.6 Å². The summed E-state index contributed by atoms with van der Waals surface area (Å²) in [6.07, 6.45) is 1.53. The maximum atomic E-state index is 12.5. The lowest BCUT2D eigenvalue weighted by Gasteiger charge is -2.17. The molecule has 0 radical (unpaired) electrons. The summed E-state index contributed by atoms with van der Waals surface area (Å²) in [5, 5.41) is 9.52. The number of aliphatic hydroxyl groups excluding tert-OH is 1. The molecule has 0 atom stereocenters. The van der Waals surface area contributed by atoms with E-state index in [1.165, 1.54) is 35.8 Å². The number of furan rings is 1. The number of benzene rings is 1. The molecule has 2 rings (SSSR count). The molecule has 1 aromatic heterocycles. The molecule has 2 aromatic rings. The van der Waals surface area contributed by atoms with Crippen molar-refractivity contribution in [3.63, 3.8) is 0 Å². The summed E-state index contributed by atoms with van der Waals surface area (Å²) in [5.41, 5.74) is 1.18. The van der Waals surface area contributed by atoms with E-state index in [2.05, 4.69) is 0 Å². The van der Waals surface area contributed by atoms with Gasteiger partial charge in [0, 0.05) is 24.2 Å². The first-order valence-corrected chi connectivity index (χ1v) is 8.06. The van der Waals surface area contributed by atoms with Crippen LogP contribution in [0, 0.1) is 6.92 Å². The number of aryl methyl sites for hydroxylation is 1. The Balaban J connectivity index is 2.31. The molecule has 0 spiro atoms. The van der Waals surface area contributed by atoms with E-state index in [4.69, 9.17) is 16.0 Å². The number of nitrogens with zero attached hydrogens (tertiary/aromatic N) is 1. The van der Waals surface area contributed by atoms with Gasteiger partial charge in [-0.05, 0) is 36.8 Å². The second-order valence-corrected chi connectivity index (χ2v) is 7.13. The monoisotopic (exact) mass is 329 g/mol. The standard InChI is InChI=1S/C14H16ClNO4S/c1-10-11(5-6-20-10)8-16(2)21(18,19)13-3-4-14(15)12(7-13)9-17/h3-7,17H,8-9H2,1-2H3. The van der Waals surface area contributed by atoms with Crippen LogP contribution in [0.1, 0.15) is 16.9 Å². The first kappa shape index (κ1) is 16.0. The van der Waals surface area contributed by atoms with E-state index in [0.29, 0.717) is 16.3 Å². The Morgan fingerprint density at radius 1 is 1.29 bits per heavy atom. The Morgan fingerprint density at radius 2 is 2.00 bits per heavy atom. The van der Waals surface area contributed by atoms with E-state index < -0.39 is 10.0 Å². The van der Waals surface area contributed by atoms with Crippen LogP contribution in [0.2, 0.25) is 5.02 Å². The minimum absolute atomic E-state index is 0.0968. The van der Waals surface area contributed by atoms with Crippen LogP contribution >= 0.6 is 11.6 Å². The van der Waals surface area contributed by atoms with Gasteiger partial charge in [0.1, 0.15) is 5.76 Å². The second kappa shape index (κ2) is 6.19. The first-order chi connectivity index (χ1) is 9.86. The van der Waals surface area contributed by atoms with Crippen molar-refractivity contribution in [1.82, 2.24) is 4.31 Å². The highest BCUT2D eigenvalue weighted by molar-refractivity contribution is 7.89. The Labute approximate surface area is 128 Å². The van der Waals surface area contributed by atoms with Crippen LogP contribution in [0.25, 0.3) is 0 Å². The Kier molecular flexibility index (Phi) is 4.73. The molecule has 0 aliphatic rings. The van der Waals surface area contributed by atoms with Gasteiger partial charge in [0.15, 0.2) is 0 Å². The fourth-order valence-corrected chi connectivity index (χ4v) is 3.29. The summed E-state index contributed by atoms with van der Waals surface area (Å²) in [4.78, 5) is 0.0968. The SMILES string of the molecule is Cc1occc1CN(C)S(=O)(=O)c1ccc(Cl)c(CO)c1. The van der Waals surface area contributed by atoms with Crippen molar-refractivity contribution in [1.29, 1.82) is 0 Å². The Hall–Kier alpha value is -1.34. The lowest BCUT2D eigenvalue weighted by molar-refractivity contribution is 0.281. The van der Waals surface area contributed by atoms with Crippen molar-refractivity contribution in [2.24, 2.45) is 0 Å². The zero-order valence-corrected chi connectivity index (χ0v) is 13.3. The predicted molar refractivity (Wildman–Crippen MR) is 79.5 cm³/mol. The van der Waals surface area contributed by atoms with Crippen LogP contribution < -0.4 is 0 Å². The van der Waals surface area contributed by atoms with Gasteiger partial charge in [-0.15, -0.1) is 0 Å². The molecule has 0 unspecified atom stereocenters. The van der Waals surface area contributed by atoms with E-state index >= 15 is 0 Å². The largest absolute Gasteiger partial charge is 0.469 e. The van der Waals surface area contributed by atoms with E-state index in [9.17, 15) is 13.5 Å². The Bertz CT molecular complexity index is 739. The predicted octanol–water partition coefficient (Wildman–Crippen LogP) is 2.55. The average Bonchev–Trinajstić information content (AvgIpc) is 2.84. The third-order valence-corrected chi connectivity index (χ3v) is 5.42. The molecule has 0 amide bonds. The van der Waals surface area contributed by atoms with E-state index in [1.54, 1.807) is 13.0 Å². The molecule has 21 heavy (non-hydrogen) atoms. The van der Waals surface area contributed by atoms with Crippen LogP contribution in [-0.2, 0) is 23.2 Å². The fourth-order valence-electron chi connectivity index (χ4n) is 1.91. The highest BCUT2D eigenvalue weighted by atomic mass is 35.5. The number of aliphatic hydroxyl groups is 1. The van der Waals surface area contributed by atoms with Crippen LogP contribution in [0.5, 0.6) is 0 Å². The minimum atomic E-state index is -3.66. The zero-order chi connectivity index (χ0) is 15.6. The summed E-state index contributed by atoms with van der Waals surface area (Å²) < 4.78 is 31.4. The lowest BCUT2D eigenvalue weighted by Crippen LogP contribution is -2.26. The van der Waals surface area contributed by atoms with Crippen molar-refractivity contribution in [2.45, 2.75) is 25.0 Å². The summed E-state index contributed by atoms with van der Waals surface area (Å²) in [7, 11) is -2.16. The van der Waals surface area contributed by atoms with Crippen molar-refractivity contribution < 1.29 is 17.9 Å². The van der Waals surface area contributed by atoms with Crippen molar-refractivity contribution in [3.05, 3.63) is 52.4 Å². The van der Waals surface area contributed by atoms with Gasteiger partial charge >= 0.3 is 0 Å². The van der Waals surface area contributed by atoms with Crippen LogP contribution in [0.4, 0.5) is 0 Å². The molecule has 1 aromatic carbocycles. The van der Waals surface area contributed by atoms with Crippen molar-refractivity contribution >= 4 is 21.6 Å². The number of hydrogen-bond acceptors (Lipinski definition) is 4.